The third kappa shape index (κ3) is 1.35. The van der Waals surface area contributed by atoms with Crippen molar-refractivity contribution in [3.8, 4) is 11.5 Å². The lowest BCUT2D eigenvalue weighted by Crippen LogP contribution is -2.04. The lowest BCUT2D eigenvalue weighted by atomic mass is 10.2. The van der Waals surface area contributed by atoms with Crippen molar-refractivity contribution in [1.82, 2.24) is 0 Å². The Morgan fingerprint density at radius 2 is 2.08 bits per heavy atom. The smallest absolute Gasteiger partial charge is 0.338 e. The van der Waals surface area contributed by atoms with Crippen LogP contribution in [0, 0.1) is 0 Å². The highest BCUT2D eigenvalue weighted by atomic mass is 79.9. The molecule has 0 saturated carbocycles. The molecule has 2 N–H and O–H groups in total. The molecule has 0 aromatic heterocycles. The van der Waals surface area contributed by atoms with E-state index < -0.39 is 23.0 Å². The van der Waals surface area contributed by atoms with Crippen molar-refractivity contribution in [3.63, 3.8) is 0 Å². The number of benzene rings is 1. The van der Waals surface area contributed by atoms with Gasteiger partial charge in [-0.05, 0) is 12.1 Å². The minimum atomic E-state index is -1.43. The van der Waals surface area contributed by atoms with Gasteiger partial charge in [-0.1, -0.05) is 21.7 Å². The van der Waals surface area contributed by atoms with Crippen LogP contribution in [0.15, 0.2) is 16.6 Å². The van der Waals surface area contributed by atoms with Gasteiger partial charge in [0.25, 0.3) is 0 Å². The highest BCUT2D eigenvalue weighted by molar-refractivity contribution is 9.10. The molecular weight excluding hydrogens is 228 g/mol. The predicted octanol–water partition coefficient (Wildman–Crippen LogP) is 0.926. The fraction of sp³-hybridized carbons (Fsp3) is 0. The molecule has 1 aromatic rings. The van der Waals surface area contributed by atoms with Gasteiger partial charge < -0.3 is 15.3 Å². The van der Waals surface area contributed by atoms with Gasteiger partial charge in [0.05, 0.1) is 5.56 Å². The van der Waals surface area contributed by atoms with Crippen molar-refractivity contribution in [1.29, 1.82) is 0 Å². The van der Waals surface area contributed by atoms with Gasteiger partial charge in [0.1, 0.15) is 5.75 Å². The normalized spacial score (nSPS) is 9.75. The molecule has 0 aliphatic rings. The van der Waals surface area contributed by atoms with Crippen molar-refractivity contribution in [2.24, 2.45) is 0 Å². The minimum absolute atomic E-state index is 0.123. The first-order chi connectivity index (χ1) is 5.54. The molecule has 0 atom stereocenters. The van der Waals surface area contributed by atoms with E-state index in [0.717, 1.165) is 6.07 Å². The predicted molar refractivity (Wildman–Crippen MR) is 42.2 cm³/mol. The summed E-state index contributed by atoms with van der Waals surface area (Å²) in [7, 11) is 0. The van der Waals surface area contributed by atoms with Crippen LogP contribution in [-0.2, 0) is 0 Å². The molecule has 0 aliphatic heterocycles. The molecule has 0 amide bonds. The van der Waals surface area contributed by atoms with Crippen molar-refractivity contribution in [2.45, 2.75) is 0 Å². The van der Waals surface area contributed by atoms with Gasteiger partial charge in [-0.25, -0.2) is 4.79 Å². The van der Waals surface area contributed by atoms with E-state index in [-0.39, 0.29) is 4.47 Å². The maximum Gasteiger partial charge on any atom is 0.338 e. The summed E-state index contributed by atoms with van der Waals surface area (Å²) in [6.45, 7) is 0. The van der Waals surface area contributed by atoms with Gasteiger partial charge in [-0.15, -0.1) is 0 Å². The minimum Gasteiger partial charge on any atom is -0.871 e. The van der Waals surface area contributed by atoms with Gasteiger partial charge in [0.15, 0.2) is 0 Å². The molecule has 0 unspecified atom stereocenters. The van der Waals surface area contributed by atoms with E-state index >= 15 is 0 Å². The van der Waals surface area contributed by atoms with Crippen molar-refractivity contribution >= 4 is 21.9 Å². The number of aromatic hydroxyl groups is 1. The van der Waals surface area contributed by atoms with Crippen molar-refractivity contribution in [2.75, 3.05) is 0 Å². The Labute approximate surface area is 76.2 Å². The summed E-state index contributed by atoms with van der Waals surface area (Å²) >= 11 is 2.86. The molecule has 0 bridgehead atoms. The zero-order valence-corrected chi connectivity index (χ0v) is 7.33. The highest BCUT2D eigenvalue weighted by Crippen LogP contribution is 2.31. The van der Waals surface area contributed by atoms with Gasteiger partial charge in [-0.3, -0.25) is 0 Å². The van der Waals surface area contributed by atoms with Crippen LogP contribution in [-0.4, -0.2) is 16.2 Å². The lowest BCUT2D eigenvalue weighted by Gasteiger charge is -2.13. The van der Waals surface area contributed by atoms with Crippen LogP contribution in [0.1, 0.15) is 10.4 Å². The Morgan fingerprint density at radius 1 is 1.50 bits per heavy atom. The van der Waals surface area contributed by atoms with Gasteiger partial charge in [0, 0.05) is 4.47 Å². The number of carboxylic acid groups (broad SMARTS) is 1. The topological polar surface area (TPSA) is 80.6 Å². The van der Waals surface area contributed by atoms with E-state index in [1.807, 2.05) is 0 Å². The van der Waals surface area contributed by atoms with Crippen LogP contribution in [0.25, 0.3) is 0 Å². The molecule has 0 aliphatic carbocycles. The maximum absolute atomic E-state index is 11.0. The average Bonchev–Trinajstić information content (AvgIpc) is 1.97. The summed E-state index contributed by atoms with van der Waals surface area (Å²) in [5.74, 6) is -2.67. The first-order valence-corrected chi connectivity index (χ1v) is 3.75. The molecule has 64 valence electrons. The van der Waals surface area contributed by atoms with Crippen molar-refractivity contribution < 1.29 is 20.1 Å². The summed E-state index contributed by atoms with van der Waals surface area (Å²) in [6.07, 6.45) is 0. The Bertz CT molecular complexity index is 334. The SMILES string of the molecule is O=C(O)c1c(O)ccc(Br)c1[O-]. The molecule has 0 spiro atoms. The largest absolute Gasteiger partial charge is 0.871 e. The third-order valence-electron chi connectivity index (χ3n) is 1.30. The number of rotatable bonds is 1. The second kappa shape index (κ2) is 3.02. The molecule has 0 fully saturated rings. The first kappa shape index (κ1) is 8.86. The number of halogens is 1. The van der Waals surface area contributed by atoms with Crippen LogP contribution in [0.2, 0.25) is 0 Å². The van der Waals surface area contributed by atoms with E-state index in [9.17, 15) is 9.90 Å². The maximum atomic E-state index is 11.0. The summed E-state index contributed by atoms with van der Waals surface area (Å²) in [4.78, 5) is 10.4. The van der Waals surface area contributed by atoms with Crippen molar-refractivity contribution in [3.05, 3.63) is 22.2 Å². The Kier molecular flexibility index (Phi) is 2.23. The van der Waals surface area contributed by atoms with E-state index in [2.05, 4.69) is 15.9 Å². The molecule has 12 heavy (non-hydrogen) atoms. The Balaban J connectivity index is 3.43. The van der Waals surface area contributed by atoms with Crippen LogP contribution < -0.4 is 5.11 Å². The second-order valence-electron chi connectivity index (χ2n) is 2.08. The molecular formula is C7H4BrO4-. The Hall–Kier alpha value is -1.23. The Morgan fingerprint density at radius 3 is 2.50 bits per heavy atom. The number of phenols is 1. The van der Waals surface area contributed by atoms with Crippen LogP contribution in [0.4, 0.5) is 0 Å². The third-order valence-corrected chi connectivity index (χ3v) is 1.93. The fourth-order valence-corrected chi connectivity index (χ4v) is 1.08. The van der Waals surface area contributed by atoms with E-state index in [0.29, 0.717) is 0 Å². The first-order valence-electron chi connectivity index (χ1n) is 2.96. The molecule has 1 rings (SSSR count). The highest BCUT2D eigenvalue weighted by Gasteiger charge is 2.11. The quantitative estimate of drug-likeness (QED) is 0.754. The molecule has 0 heterocycles. The number of carboxylic acids is 1. The second-order valence-corrected chi connectivity index (χ2v) is 2.93. The van der Waals surface area contributed by atoms with Gasteiger partial charge in [-0.2, -0.15) is 0 Å². The van der Waals surface area contributed by atoms with E-state index in [1.165, 1.54) is 6.07 Å². The van der Waals surface area contributed by atoms with E-state index in [1.54, 1.807) is 0 Å². The lowest BCUT2D eigenvalue weighted by molar-refractivity contribution is -0.270. The molecule has 0 saturated heterocycles. The molecule has 0 radical (unpaired) electrons. The summed E-state index contributed by atoms with van der Waals surface area (Å²) in [5.41, 5.74) is -0.607. The zero-order valence-electron chi connectivity index (χ0n) is 5.74. The van der Waals surface area contributed by atoms with Gasteiger partial charge >= 0.3 is 5.97 Å². The zero-order chi connectivity index (χ0) is 9.30. The fourth-order valence-electron chi connectivity index (χ4n) is 0.754. The number of hydrogen-bond donors (Lipinski definition) is 2. The summed E-state index contributed by atoms with van der Waals surface area (Å²) < 4.78 is 0.123. The monoisotopic (exact) mass is 231 g/mol. The molecule has 4 nitrogen and oxygen atoms in total. The van der Waals surface area contributed by atoms with Gasteiger partial charge in [0.2, 0.25) is 0 Å². The van der Waals surface area contributed by atoms with Crippen LogP contribution in [0.3, 0.4) is 0 Å². The van der Waals surface area contributed by atoms with E-state index in [4.69, 9.17) is 10.2 Å². The standard InChI is InChI=1S/C7H5BrO4/c8-3-1-2-4(9)5(6(3)10)7(11)12/h1-2,9-10H,(H,11,12)/p-1. The van der Waals surface area contributed by atoms with Crippen LogP contribution >= 0.6 is 15.9 Å². The summed E-state index contributed by atoms with van der Waals surface area (Å²) in [6, 6.07) is 2.44. The molecule has 1 aromatic carbocycles. The van der Waals surface area contributed by atoms with Crippen LogP contribution in [0.5, 0.6) is 11.5 Å². The number of aromatic carboxylic acids is 1. The molecule has 5 heteroatoms. The number of hydrogen-bond acceptors (Lipinski definition) is 3. The summed E-state index contributed by atoms with van der Waals surface area (Å²) in [5, 5.41) is 28.5. The number of carbonyl (C=O) groups is 1. The average molecular weight is 232 g/mol.